The van der Waals surface area contributed by atoms with Gasteiger partial charge >= 0.3 is 0 Å². The molecule has 0 saturated heterocycles. The smallest absolute Gasteiger partial charge is 0.144 e. The van der Waals surface area contributed by atoms with Crippen molar-refractivity contribution in [3.05, 3.63) is 182 Å². The highest BCUT2D eigenvalue weighted by Gasteiger charge is 2.19. The molecule has 2 aromatic heterocycles. The lowest BCUT2D eigenvalue weighted by atomic mass is 9.84. The predicted octanol–water partition coefficient (Wildman–Crippen LogP) is 15.6. The molecule has 12 rings (SSSR count). The largest absolute Gasteiger partial charge is 0.455 e. The third-order valence-electron chi connectivity index (χ3n) is 11.5. The van der Waals surface area contributed by atoms with Crippen molar-refractivity contribution >= 4 is 96.5 Å². The number of furan rings is 1. The number of benzene rings is 10. The van der Waals surface area contributed by atoms with E-state index in [0.29, 0.717) is 0 Å². The van der Waals surface area contributed by atoms with Crippen LogP contribution in [0.5, 0.6) is 0 Å². The van der Waals surface area contributed by atoms with Gasteiger partial charge in [-0.3, -0.25) is 0 Å². The number of rotatable bonds is 3. The first-order valence-corrected chi connectivity index (χ1v) is 19.3. The molecule has 12 aromatic rings. The summed E-state index contributed by atoms with van der Waals surface area (Å²) in [6, 6.07) is 66.7. The maximum absolute atomic E-state index is 6.52. The van der Waals surface area contributed by atoms with Crippen molar-refractivity contribution in [2.24, 2.45) is 0 Å². The summed E-state index contributed by atoms with van der Waals surface area (Å²) in [5.74, 6) is 0. The van der Waals surface area contributed by atoms with Crippen molar-refractivity contribution in [2.45, 2.75) is 0 Å². The molecule has 0 saturated carbocycles. The van der Waals surface area contributed by atoms with Gasteiger partial charge in [0.25, 0.3) is 0 Å². The second kappa shape index (κ2) is 11.4. The van der Waals surface area contributed by atoms with E-state index in [1.165, 1.54) is 107 Å². The fraction of sp³-hybridized carbons (Fsp3) is 0. The third kappa shape index (κ3) is 4.26. The van der Waals surface area contributed by atoms with Crippen molar-refractivity contribution in [3.63, 3.8) is 0 Å². The van der Waals surface area contributed by atoms with E-state index in [2.05, 4.69) is 176 Å². The fourth-order valence-corrected chi connectivity index (χ4v) is 10.2. The highest BCUT2D eigenvalue weighted by molar-refractivity contribution is 7.26. The third-order valence-corrected chi connectivity index (χ3v) is 12.7. The second-order valence-corrected chi connectivity index (χ2v) is 15.4. The molecule has 0 aliphatic rings. The molecule has 0 fully saturated rings. The Kier molecular flexibility index (Phi) is 6.28. The van der Waals surface area contributed by atoms with Gasteiger partial charge in [-0.05, 0) is 95.3 Å². The lowest BCUT2D eigenvalue weighted by Gasteiger charge is -2.19. The van der Waals surface area contributed by atoms with Gasteiger partial charge in [-0.15, -0.1) is 11.3 Å². The molecular weight excluding hydrogens is 673 g/mol. The van der Waals surface area contributed by atoms with Crippen molar-refractivity contribution in [1.82, 2.24) is 0 Å². The van der Waals surface area contributed by atoms with Gasteiger partial charge in [0.05, 0.1) is 0 Å². The summed E-state index contributed by atoms with van der Waals surface area (Å²) in [4.78, 5) is 0. The van der Waals surface area contributed by atoms with Crippen molar-refractivity contribution in [1.29, 1.82) is 0 Å². The molecule has 54 heavy (non-hydrogen) atoms. The average molecular weight is 703 g/mol. The Bertz CT molecular complexity index is 3430. The van der Waals surface area contributed by atoms with Gasteiger partial charge in [-0.2, -0.15) is 0 Å². The van der Waals surface area contributed by atoms with Crippen LogP contribution in [0.25, 0.3) is 119 Å². The topological polar surface area (TPSA) is 13.1 Å². The van der Waals surface area contributed by atoms with Gasteiger partial charge in [-0.1, -0.05) is 158 Å². The number of hydrogen-bond acceptors (Lipinski definition) is 2. The Morgan fingerprint density at radius 3 is 1.70 bits per heavy atom. The second-order valence-electron chi connectivity index (χ2n) is 14.3. The van der Waals surface area contributed by atoms with Gasteiger partial charge in [0.15, 0.2) is 0 Å². The summed E-state index contributed by atoms with van der Waals surface area (Å²) in [5.41, 5.74) is 9.41. The van der Waals surface area contributed by atoms with Crippen LogP contribution in [0.3, 0.4) is 0 Å². The number of para-hydroxylation sites is 1. The SMILES string of the molecule is c1ccc2c(-c3c4ccccc4c(-c4ccc(-c5ccc6sc7c(ccc8ccc9c%10ccccc%10oc9c87)c6c5)cc4)c4ccccc34)cccc2c1. The van der Waals surface area contributed by atoms with Crippen LogP contribution in [-0.4, -0.2) is 0 Å². The lowest BCUT2D eigenvalue weighted by Crippen LogP contribution is -1.91. The predicted molar refractivity (Wildman–Crippen MR) is 233 cm³/mol. The summed E-state index contributed by atoms with van der Waals surface area (Å²) < 4.78 is 9.09. The Labute approximate surface area is 314 Å². The summed E-state index contributed by atoms with van der Waals surface area (Å²) in [6.07, 6.45) is 0. The summed E-state index contributed by atoms with van der Waals surface area (Å²) >= 11 is 1.86. The molecule has 0 bridgehead atoms. The summed E-state index contributed by atoms with van der Waals surface area (Å²) in [5, 5.41) is 14.9. The molecule has 2 heterocycles. The minimum Gasteiger partial charge on any atom is -0.455 e. The molecule has 0 unspecified atom stereocenters. The number of thiophene rings is 1. The van der Waals surface area contributed by atoms with Gasteiger partial charge in [0, 0.05) is 36.3 Å². The van der Waals surface area contributed by atoms with Gasteiger partial charge in [0.2, 0.25) is 0 Å². The quantitative estimate of drug-likeness (QED) is 0.167. The van der Waals surface area contributed by atoms with E-state index in [0.717, 1.165) is 11.2 Å². The summed E-state index contributed by atoms with van der Waals surface area (Å²) in [6.45, 7) is 0. The highest BCUT2D eigenvalue weighted by Crippen LogP contribution is 2.47. The molecule has 0 aliphatic heterocycles. The van der Waals surface area contributed by atoms with Crippen LogP contribution in [0.1, 0.15) is 0 Å². The van der Waals surface area contributed by atoms with Crippen LogP contribution in [0, 0.1) is 0 Å². The van der Waals surface area contributed by atoms with Crippen molar-refractivity contribution in [3.8, 4) is 33.4 Å². The van der Waals surface area contributed by atoms with E-state index in [-0.39, 0.29) is 0 Å². The van der Waals surface area contributed by atoms with Crippen LogP contribution in [-0.2, 0) is 0 Å². The molecule has 0 radical (unpaired) electrons. The molecule has 0 N–H and O–H groups in total. The Hall–Kier alpha value is -6.74. The van der Waals surface area contributed by atoms with Gasteiger partial charge < -0.3 is 4.42 Å². The maximum atomic E-state index is 6.52. The molecule has 0 aliphatic carbocycles. The minimum absolute atomic E-state index is 0.936. The molecular formula is C52H30OS. The van der Waals surface area contributed by atoms with E-state index >= 15 is 0 Å². The van der Waals surface area contributed by atoms with Crippen LogP contribution in [0.2, 0.25) is 0 Å². The van der Waals surface area contributed by atoms with Gasteiger partial charge in [-0.25, -0.2) is 0 Å². The standard InChI is InChI=1S/C52H30OS/c1-2-12-36-32(10-1)11-9-18-38(36)50-41-16-5-3-14-39(41)48(40-15-4-6-17-42(40)50)33-22-20-31(21-23-33)35-26-29-47-45(30-35)44-28-25-34-24-27-43-37-13-7-8-19-46(37)53-51(43)49(34)52(44)54-47/h1-30H. The zero-order valence-electron chi connectivity index (χ0n) is 29.1. The average Bonchev–Trinajstić information content (AvgIpc) is 3.81. The molecule has 2 heteroatoms. The van der Waals surface area contributed by atoms with E-state index in [1.807, 2.05) is 17.4 Å². The van der Waals surface area contributed by atoms with E-state index in [1.54, 1.807) is 0 Å². The van der Waals surface area contributed by atoms with Crippen LogP contribution in [0.15, 0.2) is 186 Å². The zero-order valence-corrected chi connectivity index (χ0v) is 30.0. The van der Waals surface area contributed by atoms with Crippen LogP contribution < -0.4 is 0 Å². The van der Waals surface area contributed by atoms with Crippen molar-refractivity contribution < 1.29 is 4.42 Å². The van der Waals surface area contributed by atoms with Crippen LogP contribution >= 0.6 is 11.3 Å². The number of fused-ring (bicyclic) bond motifs is 12. The molecule has 0 atom stereocenters. The zero-order chi connectivity index (χ0) is 35.3. The first-order valence-electron chi connectivity index (χ1n) is 18.5. The molecule has 1 nitrogen and oxygen atoms in total. The van der Waals surface area contributed by atoms with Crippen LogP contribution in [0.4, 0.5) is 0 Å². The van der Waals surface area contributed by atoms with E-state index in [9.17, 15) is 0 Å². The van der Waals surface area contributed by atoms with Gasteiger partial charge in [0.1, 0.15) is 11.2 Å². The maximum Gasteiger partial charge on any atom is 0.144 e. The monoisotopic (exact) mass is 702 g/mol. The molecule has 10 aromatic carbocycles. The Balaban J connectivity index is 1.01. The number of hydrogen-bond donors (Lipinski definition) is 0. The lowest BCUT2D eigenvalue weighted by molar-refractivity contribution is 0.673. The fourth-order valence-electron chi connectivity index (χ4n) is 9.00. The Morgan fingerprint density at radius 2 is 0.944 bits per heavy atom. The molecule has 0 spiro atoms. The first kappa shape index (κ1) is 29.8. The minimum atomic E-state index is 0.936. The molecule has 0 amide bonds. The summed E-state index contributed by atoms with van der Waals surface area (Å²) in [7, 11) is 0. The van der Waals surface area contributed by atoms with E-state index < -0.39 is 0 Å². The normalized spacial score (nSPS) is 12.1. The highest BCUT2D eigenvalue weighted by atomic mass is 32.1. The first-order chi connectivity index (χ1) is 26.8. The van der Waals surface area contributed by atoms with E-state index in [4.69, 9.17) is 4.42 Å². The molecule has 250 valence electrons. The van der Waals surface area contributed by atoms with Crippen molar-refractivity contribution in [2.75, 3.05) is 0 Å². The Morgan fingerprint density at radius 1 is 0.352 bits per heavy atom.